The van der Waals surface area contributed by atoms with Crippen LogP contribution in [0.15, 0.2) is 53.1 Å². The van der Waals surface area contributed by atoms with Gasteiger partial charge in [0.25, 0.3) is 5.91 Å². The summed E-state index contributed by atoms with van der Waals surface area (Å²) >= 11 is 3.53. The molecule has 0 radical (unpaired) electrons. The molecule has 17 heavy (non-hydrogen) atoms. The topological polar surface area (TPSA) is 42.2 Å². The standard InChI is InChI=1S/C13H12BrNO2/c14-11(10-5-2-1-3-6-10)9-15-13(16)12-7-4-8-17-12/h1-8,11H,9H2,(H,15,16). The summed E-state index contributed by atoms with van der Waals surface area (Å²) in [6, 6.07) is 13.3. The minimum Gasteiger partial charge on any atom is -0.459 e. The molecule has 0 saturated heterocycles. The number of rotatable bonds is 4. The van der Waals surface area contributed by atoms with Gasteiger partial charge in [-0.3, -0.25) is 4.79 Å². The molecule has 0 fully saturated rings. The van der Waals surface area contributed by atoms with Crippen LogP contribution in [-0.4, -0.2) is 12.5 Å². The smallest absolute Gasteiger partial charge is 0.287 e. The van der Waals surface area contributed by atoms with Gasteiger partial charge in [0.2, 0.25) is 0 Å². The minimum absolute atomic E-state index is 0.0996. The van der Waals surface area contributed by atoms with E-state index in [9.17, 15) is 4.79 Å². The third kappa shape index (κ3) is 3.20. The maximum absolute atomic E-state index is 11.6. The molecule has 1 unspecified atom stereocenters. The highest BCUT2D eigenvalue weighted by atomic mass is 79.9. The highest BCUT2D eigenvalue weighted by Gasteiger charge is 2.11. The van der Waals surface area contributed by atoms with E-state index in [0.29, 0.717) is 12.3 Å². The van der Waals surface area contributed by atoms with Gasteiger partial charge in [-0.25, -0.2) is 0 Å². The highest BCUT2D eigenvalue weighted by Crippen LogP contribution is 2.21. The number of benzene rings is 1. The Morgan fingerprint density at radius 1 is 1.24 bits per heavy atom. The molecule has 0 bridgehead atoms. The first-order chi connectivity index (χ1) is 8.27. The third-order valence-corrected chi connectivity index (χ3v) is 3.20. The lowest BCUT2D eigenvalue weighted by molar-refractivity contribution is 0.0926. The quantitative estimate of drug-likeness (QED) is 0.880. The van der Waals surface area contributed by atoms with Crippen LogP contribution < -0.4 is 5.32 Å². The van der Waals surface area contributed by atoms with Gasteiger partial charge >= 0.3 is 0 Å². The lowest BCUT2D eigenvalue weighted by atomic mass is 10.1. The highest BCUT2D eigenvalue weighted by molar-refractivity contribution is 9.09. The van der Waals surface area contributed by atoms with E-state index < -0.39 is 0 Å². The van der Waals surface area contributed by atoms with Crippen molar-refractivity contribution < 1.29 is 9.21 Å². The number of hydrogen-bond donors (Lipinski definition) is 1. The number of furan rings is 1. The fourth-order valence-corrected chi connectivity index (χ4v) is 1.92. The maximum atomic E-state index is 11.6. The molecule has 1 amide bonds. The van der Waals surface area contributed by atoms with Crippen molar-refractivity contribution in [2.45, 2.75) is 4.83 Å². The lowest BCUT2D eigenvalue weighted by Crippen LogP contribution is -2.26. The van der Waals surface area contributed by atoms with Crippen LogP contribution in [0.2, 0.25) is 0 Å². The molecular weight excluding hydrogens is 282 g/mol. The van der Waals surface area contributed by atoms with Crippen LogP contribution >= 0.6 is 15.9 Å². The van der Waals surface area contributed by atoms with Crippen LogP contribution in [0.5, 0.6) is 0 Å². The molecule has 1 heterocycles. The summed E-state index contributed by atoms with van der Waals surface area (Å²) in [5.74, 6) is 0.133. The van der Waals surface area contributed by atoms with E-state index in [2.05, 4.69) is 21.2 Å². The summed E-state index contributed by atoms with van der Waals surface area (Å²) in [6.07, 6.45) is 1.48. The van der Waals surface area contributed by atoms with Crippen LogP contribution in [0.3, 0.4) is 0 Å². The number of halogens is 1. The Bertz CT molecular complexity index is 467. The molecule has 2 rings (SSSR count). The van der Waals surface area contributed by atoms with Crippen LogP contribution in [0.25, 0.3) is 0 Å². The molecule has 1 atom stereocenters. The first kappa shape index (κ1) is 11.9. The van der Waals surface area contributed by atoms with Gasteiger partial charge in [0.15, 0.2) is 5.76 Å². The van der Waals surface area contributed by atoms with E-state index in [1.165, 1.54) is 6.26 Å². The normalized spacial score (nSPS) is 12.1. The van der Waals surface area contributed by atoms with E-state index in [-0.39, 0.29) is 10.7 Å². The van der Waals surface area contributed by atoms with Crippen LogP contribution in [-0.2, 0) is 0 Å². The van der Waals surface area contributed by atoms with Gasteiger partial charge in [0.05, 0.1) is 11.1 Å². The van der Waals surface area contributed by atoms with E-state index in [1.807, 2.05) is 30.3 Å². The van der Waals surface area contributed by atoms with Gasteiger partial charge in [0, 0.05) is 6.54 Å². The number of hydrogen-bond acceptors (Lipinski definition) is 2. The average molecular weight is 294 g/mol. The van der Waals surface area contributed by atoms with Crippen molar-refractivity contribution in [3.63, 3.8) is 0 Å². The molecule has 1 N–H and O–H groups in total. The first-order valence-corrected chi connectivity index (χ1v) is 6.19. The molecule has 4 heteroatoms. The molecule has 2 aromatic rings. The Hall–Kier alpha value is -1.55. The molecule has 0 aliphatic heterocycles. The third-order valence-electron chi connectivity index (χ3n) is 2.35. The second-order valence-electron chi connectivity index (χ2n) is 3.57. The molecule has 0 aliphatic rings. The largest absolute Gasteiger partial charge is 0.459 e. The molecule has 0 spiro atoms. The maximum Gasteiger partial charge on any atom is 0.287 e. The summed E-state index contributed by atoms with van der Waals surface area (Å²) in [5, 5.41) is 2.80. The van der Waals surface area contributed by atoms with Gasteiger partial charge in [-0.15, -0.1) is 0 Å². The molecular formula is C13H12BrNO2. The summed E-state index contributed by atoms with van der Waals surface area (Å²) in [6.45, 7) is 0.517. The number of alkyl halides is 1. The Balaban J connectivity index is 1.89. The van der Waals surface area contributed by atoms with E-state index in [0.717, 1.165) is 5.56 Å². The predicted molar refractivity (Wildman–Crippen MR) is 69.2 cm³/mol. The van der Waals surface area contributed by atoms with Crippen LogP contribution in [0.1, 0.15) is 20.9 Å². The fraction of sp³-hybridized carbons (Fsp3) is 0.154. The Labute approximate surface area is 108 Å². The lowest BCUT2D eigenvalue weighted by Gasteiger charge is -2.10. The van der Waals surface area contributed by atoms with Crippen molar-refractivity contribution in [1.29, 1.82) is 0 Å². The number of amides is 1. The van der Waals surface area contributed by atoms with Crippen molar-refractivity contribution in [3.05, 3.63) is 60.1 Å². The predicted octanol–water partition coefficient (Wildman–Crippen LogP) is 3.15. The molecule has 1 aromatic carbocycles. The second-order valence-corrected chi connectivity index (χ2v) is 4.67. The van der Waals surface area contributed by atoms with E-state index in [1.54, 1.807) is 12.1 Å². The zero-order valence-electron chi connectivity index (χ0n) is 9.10. The Morgan fingerprint density at radius 2 is 2.00 bits per heavy atom. The average Bonchev–Trinajstić information content (AvgIpc) is 2.90. The van der Waals surface area contributed by atoms with Crippen molar-refractivity contribution in [2.24, 2.45) is 0 Å². The number of nitrogens with one attached hydrogen (secondary N) is 1. The first-order valence-electron chi connectivity index (χ1n) is 5.28. The summed E-state index contributed by atoms with van der Waals surface area (Å²) in [5.41, 5.74) is 1.13. The van der Waals surface area contributed by atoms with Crippen LogP contribution in [0, 0.1) is 0 Å². The van der Waals surface area contributed by atoms with Crippen LogP contribution in [0.4, 0.5) is 0 Å². The summed E-state index contributed by atoms with van der Waals surface area (Å²) in [7, 11) is 0. The fourth-order valence-electron chi connectivity index (χ4n) is 1.46. The number of carbonyl (C=O) groups is 1. The molecule has 0 saturated carbocycles. The zero-order valence-corrected chi connectivity index (χ0v) is 10.7. The van der Waals surface area contributed by atoms with E-state index in [4.69, 9.17) is 4.42 Å². The summed E-state index contributed by atoms with van der Waals surface area (Å²) in [4.78, 5) is 11.7. The molecule has 3 nitrogen and oxygen atoms in total. The minimum atomic E-state index is -0.199. The molecule has 1 aromatic heterocycles. The van der Waals surface area contributed by atoms with Gasteiger partial charge in [-0.05, 0) is 17.7 Å². The SMILES string of the molecule is O=C(NCC(Br)c1ccccc1)c1ccco1. The van der Waals surface area contributed by atoms with Gasteiger partial charge in [0.1, 0.15) is 0 Å². The summed E-state index contributed by atoms with van der Waals surface area (Å²) < 4.78 is 5.01. The van der Waals surface area contributed by atoms with Gasteiger partial charge < -0.3 is 9.73 Å². The van der Waals surface area contributed by atoms with Gasteiger partial charge in [-0.1, -0.05) is 46.3 Å². The van der Waals surface area contributed by atoms with Crippen molar-refractivity contribution >= 4 is 21.8 Å². The van der Waals surface area contributed by atoms with Crippen molar-refractivity contribution in [1.82, 2.24) is 5.32 Å². The molecule has 88 valence electrons. The van der Waals surface area contributed by atoms with E-state index >= 15 is 0 Å². The van der Waals surface area contributed by atoms with Gasteiger partial charge in [-0.2, -0.15) is 0 Å². The molecule has 0 aliphatic carbocycles. The zero-order chi connectivity index (χ0) is 12.1. The second kappa shape index (κ2) is 5.68. The Kier molecular flexibility index (Phi) is 3.98. The monoisotopic (exact) mass is 293 g/mol. The van der Waals surface area contributed by atoms with Crippen molar-refractivity contribution in [3.8, 4) is 0 Å². The number of carbonyl (C=O) groups excluding carboxylic acids is 1. The Morgan fingerprint density at radius 3 is 2.65 bits per heavy atom. The van der Waals surface area contributed by atoms with Crippen molar-refractivity contribution in [2.75, 3.05) is 6.54 Å².